The molecule has 0 bridgehead atoms. The lowest BCUT2D eigenvalue weighted by Crippen LogP contribution is -2.19. The molecule has 0 radical (unpaired) electrons. The molecule has 0 spiro atoms. The van der Waals surface area contributed by atoms with Crippen molar-refractivity contribution in [2.75, 3.05) is 24.2 Å². The summed E-state index contributed by atoms with van der Waals surface area (Å²) in [6.07, 6.45) is 2.28. The molecule has 0 saturated carbocycles. The van der Waals surface area contributed by atoms with Crippen LogP contribution in [0.25, 0.3) is 28.0 Å². The summed E-state index contributed by atoms with van der Waals surface area (Å²) in [5.74, 6) is 0.980. The minimum atomic E-state index is 0.170. The van der Waals surface area contributed by atoms with E-state index in [2.05, 4.69) is 10.3 Å². The number of nitrogens with two attached hydrogens (primary N) is 1. The van der Waals surface area contributed by atoms with Crippen LogP contribution in [0.4, 0.5) is 11.8 Å². The number of aromatic nitrogens is 4. The third kappa shape index (κ3) is 3.94. The zero-order valence-corrected chi connectivity index (χ0v) is 17.9. The van der Waals surface area contributed by atoms with Crippen LogP contribution in [-0.2, 0) is 4.74 Å². The molecule has 2 aromatic carbocycles. The van der Waals surface area contributed by atoms with Crippen molar-refractivity contribution < 1.29 is 4.74 Å². The average Bonchev–Trinajstić information content (AvgIpc) is 3.40. The van der Waals surface area contributed by atoms with E-state index < -0.39 is 0 Å². The van der Waals surface area contributed by atoms with Gasteiger partial charge in [-0.1, -0.05) is 35.9 Å². The van der Waals surface area contributed by atoms with Gasteiger partial charge in [-0.2, -0.15) is 4.98 Å². The van der Waals surface area contributed by atoms with Crippen molar-refractivity contribution in [3.05, 3.63) is 59.1 Å². The van der Waals surface area contributed by atoms with Gasteiger partial charge in [-0.15, -0.1) is 5.10 Å². The van der Waals surface area contributed by atoms with Crippen molar-refractivity contribution in [1.29, 1.82) is 0 Å². The minimum absolute atomic E-state index is 0.170. The van der Waals surface area contributed by atoms with Crippen LogP contribution in [0.5, 0.6) is 0 Å². The Hall–Kier alpha value is -3.16. The summed E-state index contributed by atoms with van der Waals surface area (Å²) in [5, 5.41) is 9.35. The van der Waals surface area contributed by atoms with E-state index in [1.807, 2.05) is 55.5 Å². The smallest absolute Gasteiger partial charge is 0.225 e. The van der Waals surface area contributed by atoms with Crippen LogP contribution in [0.15, 0.2) is 48.5 Å². The van der Waals surface area contributed by atoms with Gasteiger partial charge in [0.15, 0.2) is 5.65 Å². The highest BCUT2D eigenvalue weighted by Gasteiger charge is 2.21. The first kappa shape index (κ1) is 19.8. The van der Waals surface area contributed by atoms with Crippen LogP contribution in [0.1, 0.15) is 18.4 Å². The Bertz CT molecular complexity index is 1250. The number of rotatable bonds is 5. The molecule has 0 amide bonds. The van der Waals surface area contributed by atoms with Crippen LogP contribution >= 0.6 is 11.6 Å². The van der Waals surface area contributed by atoms with Crippen molar-refractivity contribution in [1.82, 2.24) is 19.7 Å². The number of aryl methyl sites for hydroxylation is 1. The van der Waals surface area contributed by atoms with E-state index in [1.165, 1.54) is 0 Å². The molecular weight excluding hydrogens is 412 g/mol. The first-order valence-corrected chi connectivity index (χ1v) is 10.7. The fraction of sp³-hybridized carbons (Fsp3) is 0.261. The van der Waals surface area contributed by atoms with Gasteiger partial charge in [0.1, 0.15) is 5.82 Å². The molecule has 7 nitrogen and oxygen atoms in total. The fourth-order valence-electron chi connectivity index (χ4n) is 3.90. The van der Waals surface area contributed by atoms with Crippen LogP contribution in [0.2, 0.25) is 5.02 Å². The van der Waals surface area contributed by atoms with Crippen LogP contribution < -0.4 is 11.1 Å². The Kier molecular flexibility index (Phi) is 5.21. The molecule has 1 fully saturated rings. The van der Waals surface area contributed by atoms with Crippen LogP contribution in [0, 0.1) is 6.92 Å². The number of ether oxygens (including phenoxy) is 1. The molecular formula is C23H23ClN6O. The SMILES string of the molecule is Cc1cccc(-n2nc3nc(NCC4CCCO4)nc(-c4cccc(Cl)c4)c3c2N)c1. The molecule has 1 atom stereocenters. The Labute approximate surface area is 185 Å². The van der Waals surface area contributed by atoms with Crippen molar-refractivity contribution in [2.45, 2.75) is 25.9 Å². The molecule has 3 N–H and O–H groups in total. The molecule has 1 aliphatic rings. The lowest BCUT2D eigenvalue weighted by molar-refractivity contribution is 0.120. The van der Waals surface area contributed by atoms with Crippen molar-refractivity contribution in [3.63, 3.8) is 0 Å². The topological polar surface area (TPSA) is 90.9 Å². The van der Waals surface area contributed by atoms with E-state index in [0.717, 1.165) is 36.3 Å². The van der Waals surface area contributed by atoms with Gasteiger partial charge < -0.3 is 15.8 Å². The molecule has 2 aromatic heterocycles. The van der Waals surface area contributed by atoms with Gasteiger partial charge in [0, 0.05) is 23.7 Å². The zero-order valence-electron chi connectivity index (χ0n) is 17.2. The summed E-state index contributed by atoms with van der Waals surface area (Å²) in [4.78, 5) is 9.44. The van der Waals surface area contributed by atoms with Crippen LogP contribution in [-0.4, -0.2) is 39.0 Å². The van der Waals surface area contributed by atoms with Gasteiger partial charge in [-0.25, -0.2) is 9.67 Å². The minimum Gasteiger partial charge on any atom is -0.383 e. The maximum absolute atomic E-state index is 6.57. The van der Waals surface area contributed by atoms with E-state index in [4.69, 9.17) is 32.2 Å². The number of nitrogen functional groups attached to an aromatic ring is 1. The van der Waals surface area contributed by atoms with E-state index in [1.54, 1.807) is 4.68 Å². The third-order valence-electron chi connectivity index (χ3n) is 5.43. The largest absolute Gasteiger partial charge is 0.383 e. The quantitative estimate of drug-likeness (QED) is 0.476. The summed E-state index contributed by atoms with van der Waals surface area (Å²) >= 11 is 6.26. The number of benzene rings is 2. The first-order valence-electron chi connectivity index (χ1n) is 10.3. The molecule has 158 valence electrons. The summed E-state index contributed by atoms with van der Waals surface area (Å²) in [5.41, 5.74) is 10.6. The third-order valence-corrected chi connectivity index (χ3v) is 5.66. The number of halogens is 1. The Balaban J connectivity index is 1.64. The summed E-state index contributed by atoms with van der Waals surface area (Å²) < 4.78 is 7.42. The van der Waals surface area contributed by atoms with E-state index >= 15 is 0 Å². The second kappa shape index (κ2) is 8.17. The van der Waals surface area contributed by atoms with Crippen molar-refractivity contribution in [3.8, 4) is 16.9 Å². The molecule has 5 rings (SSSR count). The maximum atomic E-state index is 6.57. The molecule has 1 aliphatic heterocycles. The maximum Gasteiger partial charge on any atom is 0.225 e. The van der Waals surface area contributed by atoms with Crippen molar-refractivity contribution in [2.24, 2.45) is 0 Å². The monoisotopic (exact) mass is 434 g/mol. The van der Waals surface area contributed by atoms with Gasteiger partial charge >= 0.3 is 0 Å². The Morgan fingerprint density at radius 2 is 2.06 bits per heavy atom. The Morgan fingerprint density at radius 3 is 2.84 bits per heavy atom. The van der Waals surface area contributed by atoms with E-state index in [0.29, 0.717) is 40.1 Å². The molecule has 0 aliphatic carbocycles. The Morgan fingerprint density at radius 1 is 1.19 bits per heavy atom. The molecule has 1 saturated heterocycles. The first-order chi connectivity index (χ1) is 15.1. The molecule has 31 heavy (non-hydrogen) atoms. The number of anilines is 2. The number of hydrogen-bond donors (Lipinski definition) is 2. The van der Waals surface area contributed by atoms with Gasteiger partial charge in [0.05, 0.1) is 22.9 Å². The van der Waals surface area contributed by atoms with Gasteiger partial charge in [-0.3, -0.25) is 0 Å². The van der Waals surface area contributed by atoms with Crippen LogP contribution in [0.3, 0.4) is 0 Å². The summed E-state index contributed by atoms with van der Waals surface area (Å²) in [7, 11) is 0. The summed E-state index contributed by atoms with van der Waals surface area (Å²) in [6, 6.07) is 15.6. The molecule has 8 heteroatoms. The fourth-order valence-corrected chi connectivity index (χ4v) is 4.09. The lowest BCUT2D eigenvalue weighted by Gasteiger charge is -2.12. The highest BCUT2D eigenvalue weighted by Crippen LogP contribution is 2.33. The average molecular weight is 435 g/mol. The lowest BCUT2D eigenvalue weighted by atomic mass is 10.1. The van der Waals surface area contributed by atoms with Gasteiger partial charge in [0.25, 0.3) is 0 Å². The zero-order chi connectivity index (χ0) is 21.4. The van der Waals surface area contributed by atoms with Crippen molar-refractivity contribution >= 4 is 34.4 Å². The van der Waals surface area contributed by atoms with Gasteiger partial charge in [0.2, 0.25) is 5.95 Å². The molecule has 1 unspecified atom stereocenters. The highest BCUT2D eigenvalue weighted by atomic mass is 35.5. The number of hydrogen-bond acceptors (Lipinski definition) is 6. The molecule has 3 heterocycles. The van der Waals surface area contributed by atoms with E-state index in [-0.39, 0.29) is 6.10 Å². The predicted molar refractivity (Wildman–Crippen MR) is 124 cm³/mol. The number of nitrogens with one attached hydrogen (secondary N) is 1. The number of fused-ring (bicyclic) bond motifs is 1. The second-order valence-corrected chi connectivity index (χ2v) is 8.19. The highest BCUT2D eigenvalue weighted by molar-refractivity contribution is 6.30. The summed E-state index contributed by atoms with van der Waals surface area (Å²) in [6.45, 7) is 3.49. The predicted octanol–water partition coefficient (Wildman–Crippen LogP) is 4.62. The number of nitrogens with zero attached hydrogens (tertiary/aromatic N) is 4. The normalized spacial score (nSPS) is 16.1. The van der Waals surface area contributed by atoms with E-state index in [9.17, 15) is 0 Å². The standard InChI is InChI=1S/C23H23ClN6O/c1-14-5-2-8-17(11-14)30-21(25)19-20(15-6-3-7-16(24)12-15)27-23(28-22(19)29-30)26-13-18-9-4-10-31-18/h2-3,5-8,11-12,18H,4,9-10,13,25H2,1H3,(H,26,28,29). The van der Waals surface area contributed by atoms with Gasteiger partial charge in [-0.05, 0) is 49.6 Å². The second-order valence-electron chi connectivity index (χ2n) is 7.76. The molecule has 4 aromatic rings.